The topological polar surface area (TPSA) is 76.8 Å². The number of fused-ring (bicyclic) bond motifs is 3. The summed E-state index contributed by atoms with van der Waals surface area (Å²) in [5.74, 6) is 0.688. The Labute approximate surface area is 135 Å². The Balaban J connectivity index is 1.80. The fraction of sp³-hybridized carbons (Fsp3) is 0.625. The van der Waals surface area contributed by atoms with E-state index < -0.39 is 5.60 Å². The largest absolute Gasteiger partial charge is 0.473 e. The summed E-state index contributed by atoms with van der Waals surface area (Å²) in [6.07, 6.45) is 2.23. The molecule has 1 aromatic rings. The Morgan fingerprint density at radius 3 is 2.91 bits per heavy atom. The molecular weight excluding hydrogens is 298 g/mol. The number of amides is 1. The third-order valence-electron chi connectivity index (χ3n) is 3.85. The van der Waals surface area contributed by atoms with E-state index >= 15 is 0 Å². The van der Waals surface area contributed by atoms with Crippen molar-refractivity contribution in [2.75, 3.05) is 19.8 Å². The molecule has 0 aromatic carbocycles. The predicted octanol–water partition coefficient (Wildman–Crippen LogP) is 1.49. The van der Waals surface area contributed by atoms with Crippen molar-refractivity contribution in [1.29, 1.82) is 0 Å². The molecule has 0 spiro atoms. The van der Waals surface area contributed by atoms with Crippen molar-refractivity contribution in [2.24, 2.45) is 0 Å². The molecule has 1 amide bonds. The maximum absolute atomic E-state index is 12.3. The summed E-state index contributed by atoms with van der Waals surface area (Å²) in [6, 6.07) is 0. The predicted molar refractivity (Wildman–Crippen MR) is 83.2 cm³/mol. The van der Waals surface area contributed by atoms with Crippen LogP contribution in [0.2, 0.25) is 0 Å². The van der Waals surface area contributed by atoms with E-state index in [-0.39, 0.29) is 12.7 Å². The third-order valence-corrected chi connectivity index (χ3v) is 3.85. The first kappa shape index (κ1) is 15.9. The van der Waals surface area contributed by atoms with Crippen molar-refractivity contribution in [2.45, 2.75) is 45.9 Å². The van der Waals surface area contributed by atoms with Crippen LogP contribution < -0.4 is 4.74 Å². The van der Waals surface area contributed by atoms with Gasteiger partial charge in [-0.15, -0.1) is 0 Å². The van der Waals surface area contributed by atoms with Crippen molar-refractivity contribution >= 4 is 6.09 Å². The van der Waals surface area contributed by atoms with E-state index in [2.05, 4.69) is 5.10 Å². The monoisotopic (exact) mass is 321 g/mol. The van der Waals surface area contributed by atoms with Gasteiger partial charge >= 0.3 is 6.09 Å². The minimum atomic E-state index is -0.510. The summed E-state index contributed by atoms with van der Waals surface area (Å²) in [5.41, 5.74) is 2.27. The molecule has 7 nitrogen and oxygen atoms in total. The molecule has 0 bridgehead atoms. The van der Waals surface area contributed by atoms with Crippen LogP contribution >= 0.6 is 0 Å². The summed E-state index contributed by atoms with van der Waals surface area (Å²) in [5, 5.41) is 13.9. The Bertz CT molecular complexity index is 642. The van der Waals surface area contributed by atoms with Gasteiger partial charge in [0.15, 0.2) is 0 Å². The zero-order chi connectivity index (χ0) is 16.6. The summed E-state index contributed by atoms with van der Waals surface area (Å²) in [7, 11) is 0. The molecule has 3 rings (SSSR count). The van der Waals surface area contributed by atoms with Crippen LogP contribution in [0, 0.1) is 0 Å². The van der Waals surface area contributed by atoms with Gasteiger partial charge in [-0.3, -0.25) is 0 Å². The van der Waals surface area contributed by atoms with E-state index in [0.717, 1.165) is 16.8 Å². The Kier molecular flexibility index (Phi) is 4.06. The van der Waals surface area contributed by atoms with Crippen LogP contribution in [0.3, 0.4) is 0 Å². The van der Waals surface area contributed by atoms with Gasteiger partial charge in [0.05, 0.1) is 31.0 Å². The van der Waals surface area contributed by atoms with Crippen LogP contribution in [0.4, 0.5) is 4.79 Å². The van der Waals surface area contributed by atoms with Crippen molar-refractivity contribution in [3.8, 4) is 5.88 Å². The average molecular weight is 321 g/mol. The quantitative estimate of drug-likeness (QED) is 0.793. The van der Waals surface area contributed by atoms with E-state index in [1.54, 1.807) is 9.58 Å². The minimum Gasteiger partial charge on any atom is -0.473 e. The molecule has 3 heterocycles. The number of nitrogens with zero attached hydrogens (tertiary/aromatic N) is 3. The highest BCUT2D eigenvalue weighted by Crippen LogP contribution is 2.30. The second-order valence-corrected chi connectivity index (χ2v) is 6.87. The SMILES string of the molecule is CC(C)(C)OC(=O)N1CCc2nn3c(c2C1)OCC=C(CO)C3. The summed E-state index contributed by atoms with van der Waals surface area (Å²) in [6.45, 7) is 7.52. The van der Waals surface area contributed by atoms with Crippen molar-refractivity contribution in [1.82, 2.24) is 14.7 Å². The maximum Gasteiger partial charge on any atom is 0.410 e. The molecule has 126 valence electrons. The van der Waals surface area contributed by atoms with E-state index in [4.69, 9.17) is 9.47 Å². The second-order valence-electron chi connectivity index (χ2n) is 6.87. The van der Waals surface area contributed by atoms with Crippen LogP contribution in [0.5, 0.6) is 5.88 Å². The molecule has 7 heteroatoms. The molecule has 0 unspecified atom stereocenters. The lowest BCUT2D eigenvalue weighted by Gasteiger charge is -2.29. The van der Waals surface area contributed by atoms with Gasteiger partial charge < -0.3 is 19.5 Å². The highest BCUT2D eigenvalue weighted by atomic mass is 16.6. The lowest BCUT2D eigenvalue weighted by Crippen LogP contribution is -2.39. The van der Waals surface area contributed by atoms with Gasteiger partial charge in [-0.05, 0) is 32.4 Å². The number of aromatic nitrogens is 2. The van der Waals surface area contributed by atoms with Crippen LogP contribution in [0.25, 0.3) is 0 Å². The summed E-state index contributed by atoms with van der Waals surface area (Å²) < 4.78 is 13.0. The van der Waals surface area contributed by atoms with Gasteiger partial charge in [-0.1, -0.05) is 0 Å². The van der Waals surface area contributed by atoms with Gasteiger partial charge in [0.2, 0.25) is 5.88 Å². The third kappa shape index (κ3) is 3.34. The molecule has 0 atom stereocenters. The number of rotatable bonds is 1. The van der Waals surface area contributed by atoms with Gasteiger partial charge in [0.1, 0.15) is 12.2 Å². The summed E-state index contributed by atoms with van der Waals surface area (Å²) in [4.78, 5) is 14.0. The van der Waals surface area contributed by atoms with E-state index in [1.165, 1.54) is 0 Å². The maximum atomic E-state index is 12.3. The lowest BCUT2D eigenvalue weighted by atomic mass is 10.1. The van der Waals surface area contributed by atoms with E-state index in [0.29, 0.717) is 38.5 Å². The first-order valence-corrected chi connectivity index (χ1v) is 7.85. The second kappa shape index (κ2) is 5.88. The average Bonchev–Trinajstić information content (AvgIpc) is 2.68. The standard InChI is InChI=1S/C16H23N3O4/c1-16(2,3)23-15(21)18-6-4-13-12(9-18)14-19(17-13)8-11(10-20)5-7-22-14/h5,20H,4,6-10H2,1-3H3. The van der Waals surface area contributed by atoms with Crippen molar-refractivity contribution in [3.05, 3.63) is 22.9 Å². The van der Waals surface area contributed by atoms with Gasteiger partial charge in [0.25, 0.3) is 0 Å². The first-order valence-electron chi connectivity index (χ1n) is 7.85. The highest BCUT2D eigenvalue weighted by Gasteiger charge is 2.31. The number of carbonyl (C=O) groups is 1. The van der Waals surface area contributed by atoms with Crippen LogP contribution in [-0.2, 0) is 24.2 Å². The van der Waals surface area contributed by atoms with E-state index in [1.807, 2.05) is 26.8 Å². The minimum absolute atomic E-state index is 0.00262. The number of aliphatic hydroxyl groups is 1. The Morgan fingerprint density at radius 1 is 1.43 bits per heavy atom. The number of ether oxygens (including phenoxy) is 2. The zero-order valence-corrected chi connectivity index (χ0v) is 13.8. The molecule has 23 heavy (non-hydrogen) atoms. The Hall–Kier alpha value is -2.02. The smallest absolute Gasteiger partial charge is 0.410 e. The fourth-order valence-corrected chi connectivity index (χ4v) is 2.76. The van der Waals surface area contributed by atoms with Gasteiger partial charge in [0, 0.05) is 13.0 Å². The first-order chi connectivity index (χ1) is 10.9. The molecule has 1 N–H and O–H groups in total. The van der Waals surface area contributed by atoms with Crippen LogP contribution in [-0.4, -0.2) is 51.2 Å². The molecule has 0 aliphatic carbocycles. The van der Waals surface area contributed by atoms with Crippen molar-refractivity contribution in [3.63, 3.8) is 0 Å². The molecular formula is C16H23N3O4. The molecule has 0 saturated heterocycles. The van der Waals surface area contributed by atoms with Gasteiger partial charge in [-0.2, -0.15) is 5.10 Å². The number of hydrogen-bond donors (Lipinski definition) is 1. The molecule has 0 saturated carbocycles. The molecule has 0 fully saturated rings. The highest BCUT2D eigenvalue weighted by molar-refractivity contribution is 5.68. The lowest BCUT2D eigenvalue weighted by molar-refractivity contribution is 0.0222. The van der Waals surface area contributed by atoms with Crippen LogP contribution in [0.1, 0.15) is 32.0 Å². The molecule has 0 radical (unpaired) electrons. The normalized spacial score (nSPS) is 17.6. The van der Waals surface area contributed by atoms with E-state index in [9.17, 15) is 9.90 Å². The number of aliphatic hydroxyl groups excluding tert-OH is 1. The zero-order valence-electron chi connectivity index (χ0n) is 13.8. The molecule has 2 aliphatic heterocycles. The molecule has 1 aromatic heterocycles. The fourth-order valence-electron chi connectivity index (χ4n) is 2.76. The van der Waals surface area contributed by atoms with Gasteiger partial charge in [-0.25, -0.2) is 9.48 Å². The summed E-state index contributed by atoms with van der Waals surface area (Å²) >= 11 is 0. The van der Waals surface area contributed by atoms with Crippen molar-refractivity contribution < 1.29 is 19.4 Å². The number of hydrogen-bond acceptors (Lipinski definition) is 5. The Morgan fingerprint density at radius 2 is 2.22 bits per heavy atom. The molecule has 2 aliphatic rings. The van der Waals surface area contributed by atoms with Crippen LogP contribution in [0.15, 0.2) is 11.6 Å². The number of carbonyl (C=O) groups excluding carboxylic acids is 1.